The molecule has 0 radical (unpaired) electrons. The van der Waals surface area contributed by atoms with Crippen LogP contribution in [0.25, 0.3) is 0 Å². The number of pyridine rings is 1. The third-order valence-corrected chi connectivity index (χ3v) is 3.93. The summed E-state index contributed by atoms with van der Waals surface area (Å²) in [6, 6.07) is 9.73. The maximum absolute atomic E-state index is 12.9. The van der Waals surface area contributed by atoms with Gasteiger partial charge in [0.05, 0.1) is 16.9 Å². The second kappa shape index (κ2) is 5.20. The number of fused-ring (bicyclic) bond motifs is 2. The molecule has 0 N–H and O–H groups in total. The molecule has 0 spiro atoms. The number of nitrogens with zero attached hydrogens (tertiary/aromatic N) is 3. The number of rotatable bonds is 2. The van der Waals surface area contributed by atoms with Gasteiger partial charge in [0, 0.05) is 19.3 Å². The van der Waals surface area contributed by atoms with E-state index < -0.39 is 0 Å². The minimum absolute atomic E-state index is 0.0430. The Labute approximate surface area is 125 Å². The van der Waals surface area contributed by atoms with E-state index in [0.717, 1.165) is 34.9 Å². The lowest BCUT2D eigenvalue weighted by atomic mass is 10.1. The van der Waals surface area contributed by atoms with Crippen molar-refractivity contribution in [3.63, 3.8) is 0 Å². The first-order valence-corrected chi connectivity index (χ1v) is 7.33. The molecule has 0 fully saturated rings. The van der Waals surface area contributed by atoms with Crippen molar-refractivity contribution in [3.8, 4) is 0 Å². The molecule has 21 heavy (non-hydrogen) atoms. The highest BCUT2D eigenvalue weighted by molar-refractivity contribution is 6.13. The number of amides is 1. The third-order valence-electron chi connectivity index (χ3n) is 3.93. The van der Waals surface area contributed by atoms with Crippen LogP contribution < -0.4 is 9.80 Å². The molecule has 2 aromatic rings. The normalized spacial score (nSPS) is 13.8. The highest BCUT2D eigenvalue weighted by Gasteiger charge is 2.30. The molecule has 0 aliphatic carbocycles. The second-order valence-corrected chi connectivity index (χ2v) is 5.11. The van der Waals surface area contributed by atoms with Crippen LogP contribution in [0.3, 0.4) is 0 Å². The van der Waals surface area contributed by atoms with Crippen LogP contribution in [-0.2, 0) is 0 Å². The van der Waals surface area contributed by atoms with Crippen molar-refractivity contribution in [3.05, 3.63) is 47.7 Å². The number of carbonyl (C=O) groups excluding carboxylic acids is 1. The van der Waals surface area contributed by atoms with Gasteiger partial charge in [-0.1, -0.05) is 12.1 Å². The van der Waals surface area contributed by atoms with Crippen LogP contribution in [0.4, 0.5) is 17.2 Å². The quantitative estimate of drug-likeness (QED) is 0.845. The summed E-state index contributed by atoms with van der Waals surface area (Å²) in [5.74, 6) is 0.893. The minimum Gasteiger partial charge on any atom is -0.324 e. The van der Waals surface area contributed by atoms with Crippen molar-refractivity contribution in [2.45, 2.75) is 20.8 Å². The highest BCUT2D eigenvalue weighted by atomic mass is 16.2. The van der Waals surface area contributed by atoms with Gasteiger partial charge in [-0.2, -0.15) is 0 Å². The van der Waals surface area contributed by atoms with E-state index in [4.69, 9.17) is 0 Å². The van der Waals surface area contributed by atoms with Crippen LogP contribution in [0.1, 0.15) is 29.8 Å². The van der Waals surface area contributed by atoms with Crippen LogP contribution in [0, 0.1) is 6.92 Å². The summed E-state index contributed by atoms with van der Waals surface area (Å²) < 4.78 is 0. The zero-order valence-corrected chi connectivity index (χ0v) is 12.6. The fourth-order valence-corrected chi connectivity index (χ4v) is 2.98. The zero-order valence-electron chi connectivity index (χ0n) is 12.6. The average Bonchev–Trinajstić information content (AvgIpc) is 2.61. The summed E-state index contributed by atoms with van der Waals surface area (Å²) in [4.78, 5) is 21.4. The lowest BCUT2D eigenvalue weighted by molar-refractivity contribution is 0.0989. The van der Waals surface area contributed by atoms with E-state index in [2.05, 4.69) is 16.8 Å². The first-order chi connectivity index (χ1) is 10.2. The molecule has 1 aromatic heterocycles. The fraction of sp³-hybridized carbons (Fsp3) is 0.294. The molecule has 3 rings (SSSR count). The van der Waals surface area contributed by atoms with Crippen LogP contribution in [-0.4, -0.2) is 24.0 Å². The molecule has 1 aliphatic rings. The fourth-order valence-electron chi connectivity index (χ4n) is 2.98. The van der Waals surface area contributed by atoms with E-state index in [1.165, 1.54) is 0 Å². The number of aryl methyl sites for hydroxylation is 1. The Hall–Kier alpha value is -2.36. The molecule has 0 unspecified atom stereocenters. The van der Waals surface area contributed by atoms with Gasteiger partial charge in [-0.05, 0) is 44.5 Å². The maximum Gasteiger partial charge on any atom is 0.260 e. The summed E-state index contributed by atoms with van der Waals surface area (Å²) >= 11 is 0. The van der Waals surface area contributed by atoms with Gasteiger partial charge in [-0.15, -0.1) is 0 Å². The summed E-state index contributed by atoms with van der Waals surface area (Å²) in [6.07, 6.45) is 1.78. The summed E-state index contributed by atoms with van der Waals surface area (Å²) in [7, 11) is 0. The van der Waals surface area contributed by atoms with E-state index in [9.17, 15) is 4.79 Å². The third kappa shape index (κ3) is 1.98. The molecule has 1 aliphatic heterocycles. The van der Waals surface area contributed by atoms with Gasteiger partial charge >= 0.3 is 0 Å². The van der Waals surface area contributed by atoms with Crippen molar-refractivity contribution in [2.24, 2.45) is 0 Å². The van der Waals surface area contributed by atoms with E-state index in [0.29, 0.717) is 6.54 Å². The topological polar surface area (TPSA) is 36.4 Å². The number of hydrogen-bond acceptors (Lipinski definition) is 3. The Balaban J connectivity index is 2.35. The zero-order chi connectivity index (χ0) is 15.0. The van der Waals surface area contributed by atoms with Crippen molar-refractivity contribution in [1.82, 2.24) is 4.98 Å². The SMILES string of the molecule is CCN1C(=O)c2cccc(C)c2N(CC)c2ncccc21. The number of benzene rings is 1. The minimum atomic E-state index is 0.0430. The number of hydrogen-bond donors (Lipinski definition) is 0. The van der Waals surface area contributed by atoms with Gasteiger partial charge in [0.15, 0.2) is 5.82 Å². The molecule has 0 atom stereocenters. The van der Waals surface area contributed by atoms with E-state index in [1.807, 2.05) is 44.2 Å². The molecule has 0 saturated carbocycles. The molecule has 2 heterocycles. The molecular weight excluding hydrogens is 262 g/mol. The van der Waals surface area contributed by atoms with E-state index in [1.54, 1.807) is 11.1 Å². The summed E-state index contributed by atoms with van der Waals surface area (Å²) in [5.41, 5.74) is 3.69. The number of carbonyl (C=O) groups is 1. The first-order valence-electron chi connectivity index (χ1n) is 7.33. The van der Waals surface area contributed by atoms with E-state index in [-0.39, 0.29) is 5.91 Å². The first kappa shape index (κ1) is 13.6. The van der Waals surface area contributed by atoms with Crippen molar-refractivity contribution in [2.75, 3.05) is 22.9 Å². The van der Waals surface area contributed by atoms with Crippen molar-refractivity contribution < 1.29 is 4.79 Å². The van der Waals surface area contributed by atoms with Crippen LogP contribution in [0.2, 0.25) is 0 Å². The lowest BCUT2D eigenvalue weighted by Gasteiger charge is -2.25. The Morgan fingerprint density at radius 2 is 1.81 bits per heavy atom. The number of para-hydroxylation sites is 1. The monoisotopic (exact) mass is 281 g/mol. The summed E-state index contributed by atoms with van der Waals surface area (Å²) in [6.45, 7) is 7.51. The molecular formula is C17H19N3O. The Kier molecular flexibility index (Phi) is 3.37. The molecule has 4 nitrogen and oxygen atoms in total. The Bertz CT molecular complexity index is 696. The van der Waals surface area contributed by atoms with Crippen LogP contribution >= 0.6 is 0 Å². The molecule has 4 heteroatoms. The van der Waals surface area contributed by atoms with Gasteiger partial charge in [-0.25, -0.2) is 4.98 Å². The Morgan fingerprint density at radius 1 is 1.05 bits per heavy atom. The van der Waals surface area contributed by atoms with Gasteiger partial charge in [0.25, 0.3) is 5.91 Å². The standard InChI is InChI=1S/C17H19N3O/c1-4-19-14-10-7-11-18-16(14)20(5-2)15-12(3)8-6-9-13(15)17(19)21/h6-11H,4-5H2,1-3H3. The van der Waals surface area contributed by atoms with Gasteiger partial charge in [0.1, 0.15) is 0 Å². The summed E-state index contributed by atoms with van der Waals surface area (Å²) in [5, 5.41) is 0. The predicted molar refractivity (Wildman–Crippen MR) is 85.4 cm³/mol. The number of anilines is 3. The molecule has 0 bridgehead atoms. The van der Waals surface area contributed by atoms with Gasteiger partial charge in [-0.3, -0.25) is 4.79 Å². The highest BCUT2D eigenvalue weighted by Crippen LogP contribution is 2.40. The van der Waals surface area contributed by atoms with Crippen LogP contribution in [0.5, 0.6) is 0 Å². The predicted octanol–water partition coefficient (Wildman–Crippen LogP) is 3.53. The molecule has 1 aromatic carbocycles. The lowest BCUT2D eigenvalue weighted by Crippen LogP contribution is -2.30. The van der Waals surface area contributed by atoms with E-state index >= 15 is 0 Å². The number of aromatic nitrogens is 1. The van der Waals surface area contributed by atoms with Gasteiger partial charge < -0.3 is 9.80 Å². The largest absolute Gasteiger partial charge is 0.324 e. The van der Waals surface area contributed by atoms with Crippen molar-refractivity contribution in [1.29, 1.82) is 0 Å². The maximum atomic E-state index is 12.9. The molecule has 1 amide bonds. The molecule has 0 saturated heterocycles. The second-order valence-electron chi connectivity index (χ2n) is 5.11. The van der Waals surface area contributed by atoms with Crippen molar-refractivity contribution >= 4 is 23.1 Å². The smallest absolute Gasteiger partial charge is 0.260 e. The van der Waals surface area contributed by atoms with Gasteiger partial charge in [0.2, 0.25) is 0 Å². The van der Waals surface area contributed by atoms with Crippen LogP contribution in [0.15, 0.2) is 36.5 Å². The Morgan fingerprint density at radius 3 is 2.52 bits per heavy atom. The molecule has 108 valence electrons. The average molecular weight is 281 g/mol.